The predicted octanol–water partition coefficient (Wildman–Crippen LogP) is 2.59. The smallest absolute Gasteiger partial charge is 0.343 e. The molecule has 0 unspecified atom stereocenters. The summed E-state index contributed by atoms with van der Waals surface area (Å²) in [5, 5.41) is 0. The van der Waals surface area contributed by atoms with Gasteiger partial charge in [0.1, 0.15) is 22.8 Å². The topological polar surface area (TPSA) is 101 Å². The fraction of sp³-hybridized carbons (Fsp3) is 0.150. The normalized spacial score (nSPS) is 9.54. The van der Waals surface area contributed by atoms with Crippen molar-refractivity contribution in [2.45, 2.75) is 0 Å². The van der Waals surface area contributed by atoms with E-state index in [0.717, 1.165) is 0 Å². The molecule has 0 atom stereocenters. The maximum Gasteiger partial charge on any atom is 0.343 e. The van der Waals surface area contributed by atoms with Crippen molar-refractivity contribution in [1.82, 2.24) is 15.0 Å². The number of rotatable bonds is 5. The summed E-state index contributed by atoms with van der Waals surface area (Å²) in [4.78, 5) is 34.8. The van der Waals surface area contributed by atoms with Crippen molar-refractivity contribution >= 4 is 11.8 Å². The average molecular weight is 381 g/mol. The number of esters is 1. The predicted molar refractivity (Wildman–Crippen MR) is 101 cm³/mol. The van der Waals surface area contributed by atoms with Gasteiger partial charge in [-0.2, -0.15) is 0 Å². The van der Waals surface area contributed by atoms with Crippen LogP contribution in [0.5, 0.6) is 11.5 Å². The Bertz CT molecular complexity index is 932. The van der Waals surface area contributed by atoms with Crippen molar-refractivity contribution in [1.29, 1.82) is 0 Å². The van der Waals surface area contributed by atoms with E-state index in [4.69, 9.17) is 9.47 Å². The zero-order chi connectivity index (χ0) is 20.4. The molecule has 0 amide bonds. The third-order valence-corrected chi connectivity index (χ3v) is 3.55. The van der Waals surface area contributed by atoms with Crippen LogP contribution in [0.1, 0.15) is 26.4 Å². The first-order valence-electron chi connectivity index (χ1n) is 8.12. The summed E-state index contributed by atoms with van der Waals surface area (Å²) in [5.41, 5.74) is 1.14. The molecule has 144 valence electrons. The van der Waals surface area contributed by atoms with Gasteiger partial charge in [0.25, 0.3) is 0 Å². The van der Waals surface area contributed by atoms with Gasteiger partial charge in [0.05, 0.1) is 26.9 Å². The third-order valence-electron chi connectivity index (χ3n) is 3.55. The number of nitrogens with zero attached hydrogens (tertiary/aromatic N) is 3. The highest BCUT2D eigenvalue weighted by atomic mass is 16.5. The molecule has 0 N–H and O–H groups in total. The summed E-state index contributed by atoms with van der Waals surface area (Å²) >= 11 is 0. The van der Waals surface area contributed by atoms with Gasteiger partial charge in [0, 0.05) is 31.0 Å². The summed E-state index contributed by atoms with van der Waals surface area (Å²) < 4.78 is 14.5. The van der Waals surface area contributed by atoms with Gasteiger partial charge in [-0.3, -0.25) is 19.7 Å². The summed E-state index contributed by atoms with van der Waals surface area (Å²) in [7, 11) is 4.32. The second-order valence-corrected chi connectivity index (χ2v) is 5.19. The van der Waals surface area contributed by atoms with E-state index in [0.29, 0.717) is 28.3 Å². The molecule has 3 rings (SSSR count). The Kier molecular flexibility index (Phi) is 7.59. The molecule has 0 aliphatic carbocycles. The van der Waals surface area contributed by atoms with Crippen LogP contribution in [0.4, 0.5) is 0 Å². The standard InChI is InChI=1S/C12H10N2O2.C8H9NO3/c1-16-11-5-7-13-8-9(11)12(15)10-4-2-3-6-14-10;1-11-7-3-4-9-5-6(7)8(10)12-2/h2-8H,1H3;3-5H,1-2H3. The van der Waals surface area contributed by atoms with Crippen LogP contribution in [-0.2, 0) is 4.74 Å². The molecule has 8 nitrogen and oxygen atoms in total. The van der Waals surface area contributed by atoms with Crippen LogP contribution < -0.4 is 9.47 Å². The molecule has 0 bridgehead atoms. The van der Waals surface area contributed by atoms with Crippen molar-refractivity contribution in [2.75, 3.05) is 21.3 Å². The first-order valence-corrected chi connectivity index (χ1v) is 8.12. The third kappa shape index (κ3) is 5.10. The molecule has 8 heteroatoms. The van der Waals surface area contributed by atoms with Crippen molar-refractivity contribution in [2.24, 2.45) is 0 Å². The molecule has 0 radical (unpaired) electrons. The van der Waals surface area contributed by atoms with Crippen LogP contribution in [0.25, 0.3) is 0 Å². The van der Waals surface area contributed by atoms with Crippen molar-refractivity contribution in [3.8, 4) is 11.5 Å². The van der Waals surface area contributed by atoms with Gasteiger partial charge in [-0.25, -0.2) is 4.79 Å². The fourth-order valence-electron chi connectivity index (χ4n) is 2.19. The lowest BCUT2D eigenvalue weighted by molar-refractivity contribution is 0.0596. The number of ether oxygens (including phenoxy) is 3. The maximum absolute atomic E-state index is 12.0. The Morgan fingerprint density at radius 2 is 1.39 bits per heavy atom. The molecule has 0 aliphatic heterocycles. The van der Waals surface area contributed by atoms with E-state index >= 15 is 0 Å². The minimum Gasteiger partial charge on any atom is -0.496 e. The maximum atomic E-state index is 12.0. The fourth-order valence-corrected chi connectivity index (χ4v) is 2.19. The van der Waals surface area contributed by atoms with E-state index in [9.17, 15) is 9.59 Å². The second kappa shape index (κ2) is 10.4. The molecule has 3 aromatic heterocycles. The number of hydrogen-bond donors (Lipinski definition) is 0. The molecule has 0 aliphatic rings. The molecule has 3 heterocycles. The lowest BCUT2D eigenvalue weighted by Crippen LogP contribution is -2.06. The highest BCUT2D eigenvalue weighted by molar-refractivity contribution is 6.09. The number of methoxy groups -OCH3 is 3. The Morgan fingerprint density at radius 1 is 0.786 bits per heavy atom. The highest BCUT2D eigenvalue weighted by Crippen LogP contribution is 2.19. The van der Waals surface area contributed by atoms with Crippen LogP contribution in [0.15, 0.2) is 61.3 Å². The van der Waals surface area contributed by atoms with Gasteiger partial charge in [0.15, 0.2) is 0 Å². The molecule has 0 saturated carbocycles. The summed E-state index contributed by atoms with van der Waals surface area (Å²) in [6.07, 6.45) is 7.59. The first-order chi connectivity index (χ1) is 13.6. The number of pyridine rings is 3. The largest absolute Gasteiger partial charge is 0.496 e. The van der Waals surface area contributed by atoms with Gasteiger partial charge in [0.2, 0.25) is 5.78 Å². The number of carbonyl (C=O) groups is 2. The van der Waals surface area contributed by atoms with Gasteiger partial charge < -0.3 is 14.2 Å². The zero-order valence-electron chi connectivity index (χ0n) is 15.7. The molecule has 28 heavy (non-hydrogen) atoms. The average Bonchev–Trinajstić information content (AvgIpc) is 2.79. The van der Waals surface area contributed by atoms with Crippen molar-refractivity contribution in [3.63, 3.8) is 0 Å². The molecular formula is C20H19N3O5. The lowest BCUT2D eigenvalue weighted by Gasteiger charge is -2.05. The van der Waals surface area contributed by atoms with Crippen LogP contribution >= 0.6 is 0 Å². The Labute approximate surface area is 162 Å². The highest BCUT2D eigenvalue weighted by Gasteiger charge is 2.15. The molecule has 0 spiro atoms. The molecule has 0 fully saturated rings. The van der Waals surface area contributed by atoms with E-state index in [2.05, 4.69) is 19.7 Å². The SMILES string of the molecule is COC(=O)c1cnccc1OC.COc1ccncc1C(=O)c1ccccn1. The van der Waals surface area contributed by atoms with Crippen LogP contribution in [0.3, 0.4) is 0 Å². The molecule has 0 aromatic carbocycles. The van der Waals surface area contributed by atoms with Gasteiger partial charge >= 0.3 is 5.97 Å². The Morgan fingerprint density at radius 3 is 1.93 bits per heavy atom. The van der Waals surface area contributed by atoms with Crippen molar-refractivity contribution < 1.29 is 23.8 Å². The number of ketones is 1. The summed E-state index contributed by atoms with van der Waals surface area (Å²) in [6, 6.07) is 8.44. The second-order valence-electron chi connectivity index (χ2n) is 5.19. The Balaban J connectivity index is 0.000000209. The van der Waals surface area contributed by atoms with Crippen LogP contribution in [-0.4, -0.2) is 48.0 Å². The lowest BCUT2D eigenvalue weighted by atomic mass is 10.1. The summed E-state index contributed by atoms with van der Waals surface area (Å²) in [5.74, 6) is 0.341. The number of aromatic nitrogens is 3. The van der Waals surface area contributed by atoms with E-state index in [-0.39, 0.29) is 5.78 Å². The van der Waals surface area contributed by atoms with E-state index < -0.39 is 5.97 Å². The zero-order valence-corrected chi connectivity index (χ0v) is 15.7. The van der Waals surface area contributed by atoms with E-state index in [1.807, 2.05) is 0 Å². The summed E-state index contributed by atoms with van der Waals surface area (Å²) in [6.45, 7) is 0. The molecular weight excluding hydrogens is 362 g/mol. The quantitative estimate of drug-likeness (QED) is 0.491. The van der Waals surface area contributed by atoms with Gasteiger partial charge in [-0.15, -0.1) is 0 Å². The van der Waals surface area contributed by atoms with Gasteiger partial charge in [-0.05, 0) is 24.3 Å². The molecule has 0 saturated heterocycles. The molecule has 3 aromatic rings. The minimum atomic E-state index is -0.444. The number of carbonyl (C=O) groups excluding carboxylic acids is 2. The monoisotopic (exact) mass is 381 g/mol. The van der Waals surface area contributed by atoms with E-state index in [1.165, 1.54) is 33.7 Å². The minimum absolute atomic E-state index is 0.189. The van der Waals surface area contributed by atoms with Crippen LogP contribution in [0, 0.1) is 0 Å². The van der Waals surface area contributed by atoms with E-state index in [1.54, 1.807) is 48.9 Å². The van der Waals surface area contributed by atoms with Crippen molar-refractivity contribution in [3.05, 3.63) is 78.1 Å². The first kappa shape index (κ1) is 20.5. The van der Waals surface area contributed by atoms with Gasteiger partial charge in [-0.1, -0.05) is 6.07 Å². The Hall–Kier alpha value is -3.81. The number of hydrogen-bond acceptors (Lipinski definition) is 8. The van der Waals surface area contributed by atoms with Crippen LogP contribution in [0.2, 0.25) is 0 Å².